The summed E-state index contributed by atoms with van der Waals surface area (Å²) >= 11 is 6.23. The Kier molecular flexibility index (Phi) is 13.3. The molecule has 3 N–H and O–H groups in total. The fourth-order valence-corrected chi connectivity index (χ4v) is 4.77. The molecule has 1 aromatic heterocycles. The molecular weight excluding hydrogens is 634 g/mol. The summed E-state index contributed by atoms with van der Waals surface area (Å²) in [7, 11) is -5.42. The summed E-state index contributed by atoms with van der Waals surface area (Å²) in [6.07, 6.45) is 1.68. The van der Waals surface area contributed by atoms with E-state index < -0.39 is 34.2 Å². The van der Waals surface area contributed by atoms with Crippen LogP contribution in [0.1, 0.15) is 42.5 Å². The number of alkyl halides is 6. The molecule has 0 bridgehead atoms. The van der Waals surface area contributed by atoms with Gasteiger partial charge in [0.05, 0.1) is 0 Å². The molecule has 0 saturated heterocycles. The molecule has 0 atom stereocenters. The fourth-order valence-electron chi connectivity index (χ4n) is 3.97. The topological polar surface area (TPSA) is 138 Å². The number of benzene rings is 1. The number of halogens is 7. The van der Waals surface area contributed by atoms with Crippen molar-refractivity contribution >= 4 is 39.2 Å². The Labute approximate surface area is 248 Å². The van der Waals surface area contributed by atoms with E-state index in [0.29, 0.717) is 29.5 Å². The second-order valence-corrected chi connectivity index (χ2v) is 11.3. The minimum absolute atomic E-state index is 0.0299. The molecule has 0 radical (unpaired) electrons. The lowest BCUT2D eigenvalue weighted by atomic mass is 10.1. The normalized spacial score (nSPS) is 14.0. The Hall–Kier alpha value is -3.31. The van der Waals surface area contributed by atoms with Crippen molar-refractivity contribution in [3.05, 3.63) is 53.3 Å². The van der Waals surface area contributed by atoms with Gasteiger partial charge < -0.3 is 20.1 Å². The first-order valence-corrected chi connectivity index (χ1v) is 14.6. The van der Waals surface area contributed by atoms with E-state index in [1.165, 1.54) is 6.07 Å². The van der Waals surface area contributed by atoms with Gasteiger partial charge in [-0.25, -0.2) is 17.9 Å². The molecule has 1 aromatic carbocycles. The standard InChI is InChI=1S/C23H28ClF3N4O4S.C2HF3O2/c24-18-14-17(15-21(16-18)35-13-11-29-19-6-9-28-10-7-19)22(32)31(20-4-1-2-5-20)12-3-8-30-36(33,34)23(25,26)27;3-2(4,5)1(6)7/h6-7,9-10,14-16,20,30H,1-5,8,11-13H2,(H,28,29);(H,6,7). The Balaban J connectivity index is 0.000000821. The molecule has 0 aliphatic heterocycles. The quantitative estimate of drug-likeness (QED) is 0.212. The van der Waals surface area contributed by atoms with Crippen LogP contribution in [0.15, 0.2) is 42.7 Å². The van der Waals surface area contributed by atoms with Gasteiger partial charge in [0.25, 0.3) is 5.91 Å². The highest BCUT2D eigenvalue weighted by Crippen LogP contribution is 2.28. The predicted molar refractivity (Wildman–Crippen MR) is 144 cm³/mol. The van der Waals surface area contributed by atoms with Crippen molar-refractivity contribution in [3.63, 3.8) is 0 Å². The van der Waals surface area contributed by atoms with E-state index in [9.17, 15) is 39.6 Å². The highest BCUT2D eigenvalue weighted by Gasteiger charge is 2.45. The number of hydrogen-bond donors (Lipinski definition) is 3. The summed E-state index contributed by atoms with van der Waals surface area (Å²) in [6, 6.07) is 8.25. The monoisotopic (exact) mass is 662 g/mol. The Morgan fingerprint density at radius 3 is 2.21 bits per heavy atom. The van der Waals surface area contributed by atoms with E-state index in [1.807, 2.05) is 12.1 Å². The number of carboxylic acids is 1. The lowest BCUT2D eigenvalue weighted by Gasteiger charge is -2.29. The van der Waals surface area contributed by atoms with Gasteiger partial charge in [0.1, 0.15) is 12.4 Å². The van der Waals surface area contributed by atoms with Gasteiger partial charge in [-0.15, -0.1) is 0 Å². The van der Waals surface area contributed by atoms with Gasteiger partial charge in [0.15, 0.2) is 0 Å². The van der Waals surface area contributed by atoms with Crippen molar-refractivity contribution < 1.29 is 54.2 Å². The number of sulfonamides is 1. The molecule has 1 fully saturated rings. The molecule has 1 aliphatic rings. The van der Waals surface area contributed by atoms with Gasteiger partial charge in [-0.1, -0.05) is 24.4 Å². The predicted octanol–water partition coefficient (Wildman–Crippen LogP) is 5.07. The zero-order chi connectivity index (χ0) is 32.3. The second kappa shape index (κ2) is 16.0. The lowest BCUT2D eigenvalue weighted by Crippen LogP contribution is -2.42. The number of carbonyl (C=O) groups excluding carboxylic acids is 1. The third kappa shape index (κ3) is 12.1. The second-order valence-electron chi connectivity index (χ2n) is 9.12. The molecule has 18 heteroatoms. The average molecular weight is 663 g/mol. The van der Waals surface area contributed by atoms with Crippen LogP contribution in [0.2, 0.25) is 5.02 Å². The zero-order valence-corrected chi connectivity index (χ0v) is 24.0. The Morgan fingerprint density at radius 1 is 1.05 bits per heavy atom. The van der Waals surface area contributed by atoms with Gasteiger partial charge in [0, 0.05) is 54.3 Å². The summed E-state index contributed by atoms with van der Waals surface area (Å²) in [5.74, 6) is -2.68. The van der Waals surface area contributed by atoms with Gasteiger partial charge in [-0.2, -0.15) is 26.3 Å². The maximum absolute atomic E-state index is 13.4. The molecule has 0 spiro atoms. The van der Waals surface area contributed by atoms with Crippen LogP contribution in [0, 0.1) is 0 Å². The first-order valence-electron chi connectivity index (χ1n) is 12.8. The van der Waals surface area contributed by atoms with Crippen molar-refractivity contribution in [3.8, 4) is 5.75 Å². The Morgan fingerprint density at radius 2 is 1.65 bits per heavy atom. The summed E-state index contributed by atoms with van der Waals surface area (Å²) < 4.78 is 99.1. The molecule has 1 heterocycles. The van der Waals surface area contributed by atoms with Crippen molar-refractivity contribution in [1.29, 1.82) is 0 Å². The molecule has 240 valence electrons. The number of nitrogens with zero attached hydrogens (tertiary/aromatic N) is 2. The minimum atomic E-state index is -5.42. The van der Waals surface area contributed by atoms with Crippen molar-refractivity contribution in [2.75, 3.05) is 31.6 Å². The largest absolute Gasteiger partial charge is 0.511 e. The van der Waals surface area contributed by atoms with E-state index in [4.69, 9.17) is 26.2 Å². The number of pyridine rings is 1. The molecular formula is C25H29ClF6N4O6S. The van der Waals surface area contributed by atoms with Crippen LogP contribution in [0.25, 0.3) is 0 Å². The molecule has 10 nitrogen and oxygen atoms in total. The van der Waals surface area contributed by atoms with Crippen LogP contribution in [-0.2, 0) is 14.8 Å². The first-order chi connectivity index (χ1) is 20.0. The van der Waals surface area contributed by atoms with Crippen molar-refractivity contribution in [2.45, 2.75) is 49.8 Å². The number of amides is 1. The first kappa shape index (κ1) is 35.9. The van der Waals surface area contributed by atoms with Crippen LogP contribution < -0.4 is 14.8 Å². The fraction of sp³-hybridized carbons (Fsp3) is 0.480. The molecule has 1 amide bonds. The number of carboxylic acid groups (broad SMARTS) is 1. The average Bonchev–Trinajstić information content (AvgIpc) is 3.45. The summed E-state index contributed by atoms with van der Waals surface area (Å²) in [5.41, 5.74) is -4.19. The summed E-state index contributed by atoms with van der Waals surface area (Å²) in [4.78, 5) is 27.8. The van der Waals surface area contributed by atoms with Crippen LogP contribution >= 0.6 is 11.6 Å². The number of aromatic nitrogens is 1. The summed E-state index contributed by atoms with van der Waals surface area (Å²) in [6.45, 7) is 0.471. The highest BCUT2D eigenvalue weighted by molar-refractivity contribution is 7.90. The number of carbonyl (C=O) groups is 2. The van der Waals surface area contributed by atoms with E-state index >= 15 is 0 Å². The molecule has 2 aromatic rings. The van der Waals surface area contributed by atoms with Gasteiger partial charge in [-0.3, -0.25) is 9.78 Å². The van der Waals surface area contributed by atoms with Gasteiger partial charge in [-0.05, 0) is 49.6 Å². The summed E-state index contributed by atoms with van der Waals surface area (Å²) in [5, 5.41) is 10.6. The molecule has 3 rings (SSSR count). The highest BCUT2D eigenvalue weighted by atomic mass is 35.5. The Bertz CT molecular complexity index is 1310. The van der Waals surface area contributed by atoms with Gasteiger partial charge in [0.2, 0.25) is 0 Å². The van der Waals surface area contributed by atoms with E-state index in [2.05, 4.69) is 10.3 Å². The minimum Gasteiger partial charge on any atom is -0.492 e. The van der Waals surface area contributed by atoms with Crippen molar-refractivity contribution in [2.24, 2.45) is 0 Å². The number of aliphatic carboxylic acids is 1. The van der Waals surface area contributed by atoms with E-state index in [0.717, 1.165) is 31.4 Å². The lowest BCUT2D eigenvalue weighted by molar-refractivity contribution is -0.192. The number of ether oxygens (including phenoxy) is 1. The molecule has 1 aliphatic carbocycles. The maximum Gasteiger partial charge on any atom is 0.511 e. The van der Waals surface area contributed by atoms with Gasteiger partial charge >= 0.3 is 27.7 Å². The van der Waals surface area contributed by atoms with Crippen LogP contribution in [0.5, 0.6) is 5.75 Å². The van der Waals surface area contributed by atoms with E-state index in [-0.39, 0.29) is 24.9 Å². The number of hydrogen-bond acceptors (Lipinski definition) is 7. The number of nitrogens with one attached hydrogen (secondary N) is 2. The number of rotatable bonds is 12. The SMILES string of the molecule is O=C(O)C(F)(F)F.O=C(c1cc(Cl)cc(OCCNc2ccncc2)c1)N(CCCNS(=O)(=O)C(F)(F)F)C1CCCC1. The van der Waals surface area contributed by atoms with Crippen molar-refractivity contribution in [1.82, 2.24) is 14.6 Å². The molecule has 43 heavy (non-hydrogen) atoms. The van der Waals surface area contributed by atoms with Crippen LogP contribution in [0.4, 0.5) is 32.0 Å². The zero-order valence-electron chi connectivity index (χ0n) is 22.4. The maximum atomic E-state index is 13.4. The molecule has 1 saturated carbocycles. The third-order valence-corrected chi connectivity index (χ3v) is 7.35. The van der Waals surface area contributed by atoms with E-state index in [1.54, 1.807) is 34.1 Å². The number of anilines is 1. The van der Waals surface area contributed by atoms with Crippen LogP contribution in [-0.4, -0.2) is 79.3 Å². The smallest absolute Gasteiger partial charge is 0.492 e. The van der Waals surface area contributed by atoms with Crippen LogP contribution in [0.3, 0.4) is 0 Å². The third-order valence-electron chi connectivity index (χ3n) is 5.94. The molecule has 0 unspecified atom stereocenters.